The van der Waals surface area contributed by atoms with Gasteiger partial charge in [0.15, 0.2) is 0 Å². The van der Waals surface area contributed by atoms with Gasteiger partial charge in [0, 0.05) is 38.8 Å². The molecular weight excluding hydrogens is 231 g/mol. The first-order chi connectivity index (χ1) is 8.03. The lowest BCUT2D eigenvalue weighted by Crippen LogP contribution is -2.51. The van der Waals surface area contributed by atoms with E-state index in [1.165, 1.54) is 17.7 Å². The molecule has 1 N–H and O–H groups in total. The zero-order chi connectivity index (χ0) is 12.3. The van der Waals surface area contributed by atoms with Crippen LogP contribution in [0.2, 0.25) is 0 Å². The van der Waals surface area contributed by atoms with E-state index >= 15 is 0 Å². The SMILES string of the molecule is FC(F)(F)CN1CCN(CC2CCCN2)CC1. The van der Waals surface area contributed by atoms with Gasteiger partial charge < -0.3 is 5.32 Å². The second-order valence-corrected chi connectivity index (χ2v) is 4.99. The number of piperazine rings is 1. The van der Waals surface area contributed by atoms with Crippen LogP contribution in [0, 0.1) is 0 Å². The van der Waals surface area contributed by atoms with E-state index in [1.807, 2.05) is 0 Å². The van der Waals surface area contributed by atoms with Crippen molar-refractivity contribution in [2.75, 3.05) is 45.8 Å². The van der Waals surface area contributed by atoms with Crippen LogP contribution in [-0.4, -0.2) is 67.8 Å². The summed E-state index contributed by atoms with van der Waals surface area (Å²) in [5, 5.41) is 3.42. The number of hydrogen-bond donors (Lipinski definition) is 1. The van der Waals surface area contributed by atoms with Crippen molar-refractivity contribution in [1.82, 2.24) is 15.1 Å². The highest BCUT2D eigenvalue weighted by atomic mass is 19.4. The van der Waals surface area contributed by atoms with Crippen LogP contribution in [0.25, 0.3) is 0 Å². The highest BCUT2D eigenvalue weighted by molar-refractivity contribution is 4.81. The lowest BCUT2D eigenvalue weighted by atomic mass is 10.2. The van der Waals surface area contributed by atoms with Gasteiger partial charge in [-0.3, -0.25) is 9.80 Å². The number of nitrogens with one attached hydrogen (secondary N) is 1. The van der Waals surface area contributed by atoms with Crippen LogP contribution in [0.4, 0.5) is 13.2 Å². The fourth-order valence-corrected chi connectivity index (χ4v) is 2.61. The third kappa shape index (κ3) is 4.44. The molecule has 0 aromatic rings. The highest BCUT2D eigenvalue weighted by Gasteiger charge is 2.32. The van der Waals surface area contributed by atoms with Crippen molar-refractivity contribution < 1.29 is 13.2 Å². The maximum absolute atomic E-state index is 12.2. The van der Waals surface area contributed by atoms with Gasteiger partial charge in [-0.05, 0) is 19.4 Å². The second-order valence-electron chi connectivity index (χ2n) is 4.99. The molecule has 0 aromatic carbocycles. The molecule has 6 heteroatoms. The Bertz CT molecular complexity index is 231. The second kappa shape index (κ2) is 5.54. The van der Waals surface area contributed by atoms with Gasteiger partial charge in [0.1, 0.15) is 0 Å². The minimum Gasteiger partial charge on any atom is -0.313 e. The Labute approximate surface area is 99.9 Å². The van der Waals surface area contributed by atoms with E-state index in [0.717, 1.165) is 26.2 Å². The van der Waals surface area contributed by atoms with Crippen molar-refractivity contribution in [1.29, 1.82) is 0 Å². The Hall–Kier alpha value is -0.330. The molecule has 1 unspecified atom stereocenters. The number of nitrogens with zero attached hydrogens (tertiary/aromatic N) is 2. The van der Waals surface area contributed by atoms with Gasteiger partial charge in [-0.25, -0.2) is 0 Å². The number of rotatable bonds is 3. The molecule has 2 rings (SSSR count). The summed E-state index contributed by atoms with van der Waals surface area (Å²) in [7, 11) is 0. The summed E-state index contributed by atoms with van der Waals surface area (Å²) in [6.45, 7) is 3.89. The van der Waals surface area contributed by atoms with Crippen LogP contribution < -0.4 is 5.32 Å². The van der Waals surface area contributed by atoms with Gasteiger partial charge in [-0.1, -0.05) is 0 Å². The lowest BCUT2D eigenvalue weighted by molar-refractivity contribution is -0.149. The first-order valence-corrected chi connectivity index (χ1v) is 6.28. The molecule has 0 spiro atoms. The number of hydrogen-bond acceptors (Lipinski definition) is 3. The summed E-state index contributed by atoms with van der Waals surface area (Å²) >= 11 is 0. The molecule has 2 fully saturated rings. The molecule has 0 aliphatic carbocycles. The van der Waals surface area contributed by atoms with Crippen molar-refractivity contribution in [2.24, 2.45) is 0 Å². The van der Waals surface area contributed by atoms with E-state index in [1.54, 1.807) is 0 Å². The van der Waals surface area contributed by atoms with Gasteiger partial charge in [-0.2, -0.15) is 13.2 Å². The Morgan fingerprint density at radius 2 is 1.71 bits per heavy atom. The summed E-state index contributed by atoms with van der Waals surface area (Å²) in [5.41, 5.74) is 0. The molecule has 0 amide bonds. The Kier molecular flexibility index (Phi) is 4.27. The smallest absolute Gasteiger partial charge is 0.313 e. The van der Waals surface area contributed by atoms with Gasteiger partial charge in [0.05, 0.1) is 6.54 Å². The van der Waals surface area contributed by atoms with Crippen molar-refractivity contribution >= 4 is 0 Å². The monoisotopic (exact) mass is 251 g/mol. The quantitative estimate of drug-likeness (QED) is 0.804. The lowest BCUT2D eigenvalue weighted by Gasteiger charge is -2.36. The summed E-state index contributed by atoms with van der Waals surface area (Å²) in [4.78, 5) is 3.77. The molecule has 2 aliphatic heterocycles. The third-order valence-electron chi connectivity index (χ3n) is 3.51. The zero-order valence-electron chi connectivity index (χ0n) is 9.97. The minimum atomic E-state index is -4.06. The van der Waals surface area contributed by atoms with Crippen LogP contribution >= 0.6 is 0 Å². The fraction of sp³-hybridized carbons (Fsp3) is 1.00. The standard InChI is InChI=1S/C11H20F3N3/c12-11(13,14)9-17-6-4-16(5-7-17)8-10-2-1-3-15-10/h10,15H,1-9H2. The van der Waals surface area contributed by atoms with Crippen LogP contribution in [0.5, 0.6) is 0 Å². The largest absolute Gasteiger partial charge is 0.401 e. The normalized spacial score (nSPS) is 28.8. The molecule has 1 atom stereocenters. The first kappa shape index (κ1) is 13.1. The molecule has 2 saturated heterocycles. The fourth-order valence-electron chi connectivity index (χ4n) is 2.61. The molecule has 17 heavy (non-hydrogen) atoms. The summed E-state index contributed by atoms with van der Waals surface area (Å²) in [6.07, 6.45) is -1.64. The van der Waals surface area contributed by atoms with Crippen molar-refractivity contribution in [2.45, 2.75) is 25.1 Å². The number of alkyl halides is 3. The van der Waals surface area contributed by atoms with Crippen LogP contribution in [0.15, 0.2) is 0 Å². The van der Waals surface area contributed by atoms with Crippen LogP contribution in [0.3, 0.4) is 0 Å². The highest BCUT2D eigenvalue weighted by Crippen LogP contribution is 2.17. The number of halogens is 3. The van der Waals surface area contributed by atoms with Crippen LogP contribution in [-0.2, 0) is 0 Å². The van der Waals surface area contributed by atoms with E-state index in [9.17, 15) is 13.2 Å². The molecule has 0 aromatic heterocycles. The zero-order valence-corrected chi connectivity index (χ0v) is 9.97. The summed E-state index contributed by atoms with van der Waals surface area (Å²) < 4.78 is 36.6. The first-order valence-electron chi connectivity index (χ1n) is 6.28. The van der Waals surface area contributed by atoms with Crippen LogP contribution in [0.1, 0.15) is 12.8 Å². The molecule has 0 saturated carbocycles. The van der Waals surface area contributed by atoms with Gasteiger partial charge in [-0.15, -0.1) is 0 Å². The predicted octanol–water partition coefficient (Wildman–Crippen LogP) is 0.918. The topological polar surface area (TPSA) is 18.5 Å². The average molecular weight is 251 g/mol. The molecule has 2 heterocycles. The molecule has 0 radical (unpaired) electrons. The van der Waals surface area contributed by atoms with E-state index in [4.69, 9.17) is 0 Å². The van der Waals surface area contributed by atoms with E-state index in [2.05, 4.69) is 10.2 Å². The third-order valence-corrected chi connectivity index (χ3v) is 3.51. The molecule has 100 valence electrons. The maximum Gasteiger partial charge on any atom is 0.401 e. The maximum atomic E-state index is 12.2. The van der Waals surface area contributed by atoms with E-state index < -0.39 is 12.7 Å². The summed E-state index contributed by atoms with van der Waals surface area (Å²) in [5.74, 6) is 0. The Morgan fingerprint density at radius 3 is 2.24 bits per heavy atom. The van der Waals surface area contributed by atoms with Gasteiger partial charge >= 0.3 is 6.18 Å². The Morgan fingerprint density at radius 1 is 1.06 bits per heavy atom. The molecule has 0 bridgehead atoms. The average Bonchev–Trinajstić information content (AvgIpc) is 2.71. The summed E-state index contributed by atoms with van der Waals surface area (Å²) in [6, 6.07) is 0.546. The molecule has 2 aliphatic rings. The Balaban J connectivity index is 1.67. The van der Waals surface area contributed by atoms with E-state index in [-0.39, 0.29) is 0 Å². The van der Waals surface area contributed by atoms with Crippen molar-refractivity contribution in [3.8, 4) is 0 Å². The predicted molar refractivity (Wildman–Crippen MR) is 60.0 cm³/mol. The van der Waals surface area contributed by atoms with Gasteiger partial charge in [0.25, 0.3) is 0 Å². The minimum absolute atomic E-state index is 0.534. The molecular formula is C11H20F3N3. The van der Waals surface area contributed by atoms with E-state index in [0.29, 0.717) is 19.1 Å². The molecule has 3 nitrogen and oxygen atoms in total. The van der Waals surface area contributed by atoms with Crippen molar-refractivity contribution in [3.05, 3.63) is 0 Å². The van der Waals surface area contributed by atoms with Crippen molar-refractivity contribution in [3.63, 3.8) is 0 Å². The van der Waals surface area contributed by atoms with Gasteiger partial charge in [0.2, 0.25) is 0 Å².